The van der Waals surface area contributed by atoms with Gasteiger partial charge in [-0.25, -0.2) is 18.7 Å². The van der Waals surface area contributed by atoms with Gasteiger partial charge in [-0.2, -0.15) is 15.2 Å². The molecule has 0 bridgehead atoms. The van der Waals surface area contributed by atoms with E-state index in [1.807, 2.05) is 44.8 Å². The average Bonchev–Trinajstić information content (AvgIpc) is 4.00. The number of halogens is 1. The third-order valence-electron chi connectivity index (χ3n) is 11.7. The molecule has 2 saturated heterocycles. The van der Waals surface area contributed by atoms with Crippen LogP contribution in [0, 0.1) is 5.82 Å². The molecule has 3 aromatic carbocycles. The summed E-state index contributed by atoms with van der Waals surface area (Å²) in [7, 11) is 3.46. The molecule has 0 spiro atoms. The number of aromatic nitrogens is 7. The molecule has 16 heteroatoms. The zero-order valence-electron chi connectivity index (χ0n) is 34.7. The van der Waals surface area contributed by atoms with E-state index in [0.29, 0.717) is 41.0 Å². The minimum atomic E-state index is -0.463. The van der Waals surface area contributed by atoms with Crippen LogP contribution in [-0.4, -0.2) is 88.8 Å². The van der Waals surface area contributed by atoms with Gasteiger partial charge in [0, 0.05) is 73.8 Å². The van der Waals surface area contributed by atoms with Crippen LogP contribution in [0.1, 0.15) is 79.2 Å². The van der Waals surface area contributed by atoms with E-state index >= 15 is 4.39 Å². The van der Waals surface area contributed by atoms with Crippen LogP contribution in [0.15, 0.2) is 83.8 Å². The predicted molar refractivity (Wildman–Crippen MR) is 226 cm³/mol. The Bertz CT molecular complexity index is 2810. The van der Waals surface area contributed by atoms with Gasteiger partial charge >= 0.3 is 6.03 Å². The summed E-state index contributed by atoms with van der Waals surface area (Å²) < 4.78 is 24.4. The van der Waals surface area contributed by atoms with E-state index in [2.05, 4.69) is 78.0 Å². The lowest BCUT2D eigenvalue weighted by Gasteiger charge is -2.32. The lowest BCUT2D eigenvalue weighted by atomic mass is 9.88. The molecule has 2 aliphatic heterocycles. The molecule has 15 nitrogen and oxygen atoms in total. The van der Waals surface area contributed by atoms with Gasteiger partial charge in [0.15, 0.2) is 5.82 Å². The number of piperidine rings is 1. The number of nitrogens with one attached hydrogen (secondary N) is 1. The van der Waals surface area contributed by atoms with Crippen LogP contribution in [0.2, 0.25) is 0 Å². The van der Waals surface area contributed by atoms with Crippen molar-refractivity contribution in [3.05, 3.63) is 113 Å². The summed E-state index contributed by atoms with van der Waals surface area (Å²) in [5.41, 5.74) is 7.33. The second-order valence-corrected chi connectivity index (χ2v) is 17.0. The third kappa shape index (κ3) is 7.86. The molecule has 0 saturated carbocycles. The van der Waals surface area contributed by atoms with Crippen LogP contribution in [0.3, 0.4) is 0 Å². The first kappa shape index (κ1) is 39.6. The van der Waals surface area contributed by atoms with E-state index in [1.54, 1.807) is 28.6 Å². The van der Waals surface area contributed by atoms with Gasteiger partial charge in [0.1, 0.15) is 12.1 Å². The van der Waals surface area contributed by atoms with E-state index in [0.717, 1.165) is 60.0 Å². The Kier molecular flexibility index (Phi) is 10.2. The number of carbonyl (C=O) groups excluding carboxylic acids is 3. The minimum Gasteiger partial charge on any atom is -0.338 e. The zero-order chi connectivity index (χ0) is 42.6. The summed E-state index contributed by atoms with van der Waals surface area (Å²) in [6.45, 7) is 8.88. The van der Waals surface area contributed by atoms with Crippen molar-refractivity contribution in [1.82, 2.24) is 49.6 Å². The molecule has 0 aliphatic carbocycles. The molecule has 2 aliphatic rings. The van der Waals surface area contributed by atoms with Crippen LogP contribution in [0.25, 0.3) is 38.8 Å². The van der Waals surface area contributed by atoms with Crippen molar-refractivity contribution in [2.45, 2.75) is 64.5 Å². The molecule has 0 unspecified atom stereocenters. The second kappa shape index (κ2) is 15.7. The van der Waals surface area contributed by atoms with Crippen LogP contribution in [0.4, 0.5) is 15.0 Å². The predicted octanol–water partition coefficient (Wildman–Crippen LogP) is 6.87. The van der Waals surface area contributed by atoms with Crippen LogP contribution in [0.5, 0.6) is 0 Å². The summed E-state index contributed by atoms with van der Waals surface area (Å²) in [6, 6.07) is 21.5. The highest BCUT2D eigenvalue weighted by molar-refractivity contribution is 6.08. The molecule has 4 amide bonds. The fourth-order valence-electron chi connectivity index (χ4n) is 8.21. The Hall–Kier alpha value is -6.81. The number of rotatable bonds is 9. The number of nitrogens with zero attached hydrogens (tertiary/aromatic N) is 10. The average molecular weight is 824 g/mol. The summed E-state index contributed by atoms with van der Waals surface area (Å²) >= 11 is 0. The molecular formula is C45H46FN11O4. The van der Waals surface area contributed by atoms with Gasteiger partial charge in [-0.1, -0.05) is 68.4 Å². The summed E-state index contributed by atoms with van der Waals surface area (Å²) in [5.74, 6) is 0.0998. The standard InChI is InChI=1S/C45H46FN11O4/c1-45(2,3)43-50-40(52-61-43)42(59)53(4)24-32-11-10-31(20-35(32)46)39-37-22-33(25-57(37)48-26-47-39)28-8-6-27(7-9-28)23-55-17-14-29(15-18-55)30-12-13-34-36(21-30)54(5)51-41(34)56-19-16-38(58)49-44(56)60/h6-13,20-22,25-26,29H,14-19,23-24H2,1-5H3,(H,49,58,60). The number of benzene rings is 3. The monoisotopic (exact) mass is 823 g/mol. The maximum Gasteiger partial charge on any atom is 0.329 e. The maximum atomic E-state index is 15.6. The zero-order valence-corrected chi connectivity index (χ0v) is 34.7. The van der Waals surface area contributed by atoms with E-state index in [4.69, 9.17) is 4.52 Å². The molecule has 0 atom stereocenters. The van der Waals surface area contributed by atoms with Crippen LogP contribution < -0.4 is 10.2 Å². The number of likely N-dealkylation sites (tertiary alicyclic amines) is 1. The van der Waals surface area contributed by atoms with Crippen molar-refractivity contribution in [2.24, 2.45) is 7.05 Å². The Morgan fingerprint density at radius 2 is 1.72 bits per heavy atom. The second-order valence-electron chi connectivity index (χ2n) is 17.0. The number of urea groups is 1. The molecular weight excluding hydrogens is 778 g/mol. The number of imide groups is 1. The van der Waals surface area contributed by atoms with Gasteiger partial charge in [-0.05, 0) is 72.8 Å². The van der Waals surface area contributed by atoms with Gasteiger partial charge in [-0.15, -0.1) is 0 Å². The molecule has 2 fully saturated rings. The Morgan fingerprint density at radius 1 is 0.951 bits per heavy atom. The fraction of sp³-hybridized carbons (Fsp3) is 0.333. The van der Waals surface area contributed by atoms with E-state index in [-0.39, 0.29) is 24.7 Å². The Balaban J connectivity index is 0.827. The van der Waals surface area contributed by atoms with Gasteiger partial charge in [0.2, 0.25) is 11.8 Å². The van der Waals surface area contributed by atoms with Crippen LogP contribution >= 0.6 is 0 Å². The third-order valence-corrected chi connectivity index (χ3v) is 11.7. The molecule has 0 radical (unpaired) electrons. The molecule has 61 heavy (non-hydrogen) atoms. The van der Waals surface area contributed by atoms with E-state index < -0.39 is 23.2 Å². The molecule has 7 aromatic rings. The van der Waals surface area contributed by atoms with Crippen molar-refractivity contribution in [1.29, 1.82) is 0 Å². The van der Waals surface area contributed by atoms with Crippen LogP contribution in [-0.2, 0) is 30.3 Å². The summed E-state index contributed by atoms with van der Waals surface area (Å²) in [4.78, 5) is 51.3. The van der Waals surface area contributed by atoms with Crippen molar-refractivity contribution in [3.8, 4) is 22.4 Å². The van der Waals surface area contributed by atoms with E-state index in [9.17, 15) is 14.4 Å². The fourth-order valence-corrected chi connectivity index (χ4v) is 8.21. The number of aryl methyl sites for hydroxylation is 1. The van der Waals surface area contributed by atoms with Crippen molar-refractivity contribution in [3.63, 3.8) is 0 Å². The van der Waals surface area contributed by atoms with Gasteiger partial charge in [0.05, 0.1) is 16.7 Å². The normalized spacial score (nSPS) is 15.5. The highest BCUT2D eigenvalue weighted by Crippen LogP contribution is 2.35. The number of hydrogen-bond donors (Lipinski definition) is 1. The highest BCUT2D eigenvalue weighted by Gasteiger charge is 2.30. The first-order valence-corrected chi connectivity index (χ1v) is 20.4. The summed E-state index contributed by atoms with van der Waals surface area (Å²) in [6.07, 6.45) is 5.74. The summed E-state index contributed by atoms with van der Waals surface area (Å²) in [5, 5.41) is 16.2. The number of carbonyl (C=O) groups is 3. The van der Waals surface area contributed by atoms with Gasteiger partial charge in [0.25, 0.3) is 11.7 Å². The Morgan fingerprint density at radius 3 is 2.44 bits per heavy atom. The quantitative estimate of drug-likeness (QED) is 0.163. The molecule has 312 valence electrons. The molecule has 6 heterocycles. The Labute approximate surface area is 351 Å². The largest absolute Gasteiger partial charge is 0.338 e. The molecule has 9 rings (SSSR count). The number of fused-ring (bicyclic) bond motifs is 2. The van der Waals surface area contributed by atoms with Gasteiger partial charge < -0.3 is 9.42 Å². The maximum absolute atomic E-state index is 15.6. The van der Waals surface area contributed by atoms with Crippen molar-refractivity contribution >= 4 is 40.1 Å². The molecule has 1 N–H and O–H groups in total. The SMILES string of the molecule is CN(Cc1ccc(-c2ncnn3cc(-c4ccc(CN5CCC(c6ccc7c(N8CCC(=O)NC8=O)nn(C)c7c6)CC5)cc4)cc23)cc1F)C(=O)c1noc(C(C)(C)C)n1. The van der Waals surface area contributed by atoms with Crippen molar-refractivity contribution in [2.75, 3.05) is 31.6 Å². The highest BCUT2D eigenvalue weighted by atomic mass is 19.1. The smallest absolute Gasteiger partial charge is 0.329 e. The number of anilines is 1. The lowest BCUT2D eigenvalue weighted by molar-refractivity contribution is -0.120. The first-order chi connectivity index (χ1) is 29.3. The van der Waals surface area contributed by atoms with Crippen molar-refractivity contribution < 1.29 is 23.3 Å². The van der Waals surface area contributed by atoms with Gasteiger partial charge in [-0.3, -0.25) is 29.4 Å². The topological polar surface area (TPSA) is 160 Å². The number of amides is 4. The van der Waals surface area contributed by atoms with E-state index in [1.165, 1.54) is 28.4 Å². The first-order valence-electron chi connectivity index (χ1n) is 20.4. The number of hydrogen-bond acceptors (Lipinski definition) is 10. The lowest BCUT2D eigenvalue weighted by Crippen LogP contribution is -2.49. The minimum absolute atomic E-state index is 0.0207. The molecule has 4 aromatic heterocycles.